The molecule has 0 fully saturated rings. The fourth-order valence-electron chi connectivity index (χ4n) is 1.80. The third-order valence-corrected chi connectivity index (χ3v) is 3.79. The largest absolute Gasteiger partial charge is 0.462 e. The van der Waals surface area contributed by atoms with Crippen LogP contribution in [0.4, 0.5) is 0 Å². The lowest BCUT2D eigenvalue weighted by Crippen LogP contribution is -2.12. The third kappa shape index (κ3) is 12.6. The number of allylic oxidation sites excluding steroid dienone is 2. The van der Waals surface area contributed by atoms with E-state index in [-0.39, 0.29) is 5.97 Å². The number of unbranched alkanes of at least 4 members (excludes halogenated alkanes) is 1. The van der Waals surface area contributed by atoms with Gasteiger partial charge in [0.2, 0.25) is 0 Å². The van der Waals surface area contributed by atoms with E-state index in [1.54, 1.807) is 0 Å². The molecule has 0 aliphatic carbocycles. The number of carbonyl (C=O) groups excluding carboxylic acids is 2. The summed E-state index contributed by atoms with van der Waals surface area (Å²) in [5.41, 5.74) is 0. The first kappa shape index (κ1) is 21.4. The Kier molecular flexibility index (Phi) is 13.1. The van der Waals surface area contributed by atoms with Crippen LogP contribution in [0.2, 0.25) is 0 Å². The molecular formula is C19H32O4. The molecule has 0 aromatic carbocycles. The molecule has 0 aromatic rings. The van der Waals surface area contributed by atoms with Crippen LogP contribution >= 0.6 is 0 Å². The lowest BCUT2D eigenvalue weighted by atomic mass is 10.0. The Balaban J connectivity index is 3.98. The first-order valence-corrected chi connectivity index (χ1v) is 8.71. The average molecular weight is 324 g/mol. The van der Waals surface area contributed by atoms with Gasteiger partial charge in [0.1, 0.15) is 0 Å². The second-order valence-corrected chi connectivity index (χ2v) is 5.91. The van der Waals surface area contributed by atoms with Crippen LogP contribution in [-0.4, -0.2) is 25.2 Å². The second kappa shape index (κ2) is 14.0. The SMILES string of the molecule is CCCCC(CC)COC(=O)/C=C/C=C/C(=O)OCC(C)CC. The van der Waals surface area contributed by atoms with E-state index in [9.17, 15) is 9.59 Å². The topological polar surface area (TPSA) is 52.6 Å². The van der Waals surface area contributed by atoms with E-state index in [2.05, 4.69) is 13.8 Å². The van der Waals surface area contributed by atoms with Gasteiger partial charge in [0.25, 0.3) is 0 Å². The molecule has 0 saturated carbocycles. The van der Waals surface area contributed by atoms with Crippen molar-refractivity contribution in [2.24, 2.45) is 11.8 Å². The Bertz CT molecular complexity index is 385. The Hall–Kier alpha value is -1.58. The van der Waals surface area contributed by atoms with E-state index in [0.717, 1.165) is 32.1 Å². The van der Waals surface area contributed by atoms with Gasteiger partial charge < -0.3 is 9.47 Å². The summed E-state index contributed by atoms with van der Waals surface area (Å²) >= 11 is 0. The monoisotopic (exact) mass is 324 g/mol. The quantitative estimate of drug-likeness (QED) is 0.302. The molecule has 0 N–H and O–H groups in total. The van der Waals surface area contributed by atoms with Crippen molar-refractivity contribution in [1.29, 1.82) is 0 Å². The van der Waals surface area contributed by atoms with Crippen molar-refractivity contribution in [2.75, 3.05) is 13.2 Å². The Morgan fingerprint density at radius 1 is 0.913 bits per heavy atom. The van der Waals surface area contributed by atoms with Crippen molar-refractivity contribution in [3.05, 3.63) is 24.3 Å². The normalized spacial score (nSPS) is 14.1. The zero-order valence-corrected chi connectivity index (χ0v) is 15.0. The molecule has 0 aliphatic heterocycles. The number of carbonyl (C=O) groups is 2. The zero-order chi connectivity index (χ0) is 17.5. The second-order valence-electron chi connectivity index (χ2n) is 5.91. The molecule has 2 atom stereocenters. The van der Waals surface area contributed by atoms with Gasteiger partial charge in [-0.15, -0.1) is 0 Å². The van der Waals surface area contributed by atoms with Crippen LogP contribution in [0, 0.1) is 11.8 Å². The van der Waals surface area contributed by atoms with Crippen molar-refractivity contribution in [3.8, 4) is 0 Å². The van der Waals surface area contributed by atoms with Crippen molar-refractivity contribution in [1.82, 2.24) is 0 Å². The molecule has 23 heavy (non-hydrogen) atoms. The lowest BCUT2D eigenvalue weighted by Gasteiger charge is -2.13. The molecule has 0 rings (SSSR count). The van der Waals surface area contributed by atoms with E-state index < -0.39 is 5.97 Å². The van der Waals surface area contributed by atoms with Crippen molar-refractivity contribution in [3.63, 3.8) is 0 Å². The Labute approximate surface area is 140 Å². The summed E-state index contributed by atoms with van der Waals surface area (Å²) in [5.74, 6) is 0.0157. The minimum atomic E-state index is -0.395. The van der Waals surface area contributed by atoms with Gasteiger partial charge in [0, 0.05) is 12.2 Å². The molecule has 0 spiro atoms. The van der Waals surface area contributed by atoms with E-state index in [1.807, 2.05) is 13.8 Å². The molecule has 0 heterocycles. The number of esters is 2. The average Bonchev–Trinajstić information content (AvgIpc) is 2.56. The summed E-state index contributed by atoms with van der Waals surface area (Å²) in [4.78, 5) is 23.0. The minimum Gasteiger partial charge on any atom is -0.462 e. The van der Waals surface area contributed by atoms with Gasteiger partial charge in [-0.3, -0.25) is 0 Å². The molecule has 0 amide bonds. The molecule has 132 valence electrons. The smallest absolute Gasteiger partial charge is 0.330 e. The van der Waals surface area contributed by atoms with Crippen LogP contribution in [0.15, 0.2) is 24.3 Å². The molecule has 0 aliphatic rings. The number of ether oxygens (including phenoxy) is 2. The molecule has 0 aromatic heterocycles. The summed E-state index contributed by atoms with van der Waals surface area (Å²) in [6.07, 6.45) is 11.0. The highest BCUT2D eigenvalue weighted by molar-refractivity contribution is 5.84. The molecular weight excluding hydrogens is 292 g/mol. The number of rotatable bonds is 12. The lowest BCUT2D eigenvalue weighted by molar-refractivity contribution is -0.140. The maximum absolute atomic E-state index is 11.6. The van der Waals surface area contributed by atoms with Gasteiger partial charge in [0.05, 0.1) is 13.2 Å². The summed E-state index contributed by atoms with van der Waals surface area (Å²) in [6.45, 7) is 9.21. The fraction of sp³-hybridized carbons (Fsp3) is 0.684. The van der Waals surface area contributed by atoms with Gasteiger partial charge in [-0.25, -0.2) is 9.59 Å². The summed E-state index contributed by atoms with van der Waals surface area (Å²) in [5, 5.41) is 0. The molecule has 4 nitrogen and oxygen atoms in total. The highest BCUT2D eigenvalue weighted by atomic mass is 16.5. The summed E-state index contributed by atoms with van der Waals surface area (Å²) < 4.78 is 10.3. The van der Waals surface area contributed by atoms with Gasteiger partial charge in [0.15, 0.2) is 0 Å². The first-order valence-electron chi connectivity index (χ1n) is 8.71. The zero-order valence-electron chi connectivity index (χ0n) is 15.0. The van der Waals surface area contributed by atoms with Gasteiger partial charge >= 0.3 is 11.9 Å². The van der Waals surface area contributed by atoms with Crippen molar-refractivity contribution >= 4 is 11.9 Å². The predicted octanol–water partition coefficient (Wildman–Crippen LogP) is 4.45. The molecule has 4 heteroatoms. The van der Waals surface area contributed by atoms with Gasteiger partial charge in [-0.05, 0) is 18.3 Å². The van der Waals surface area contributed by atoms with Gasteiger partial charge in [-0.2, -0.15) is 0 Å². The summed E-state index contributed by atoms with van der Waals surface area (Å²) in [7, 11) is 0. The van der Waals surface area contributed by atoms with E-state index in [4.69, 9.17) is 9.47 Å². The Morgan fingerprint density at radius 2 is 1.48 bits per heavy atom. The van der Waals surface area contributed by atoms with Crippen LogP contribution in [0.1, 0.15) is 59.8 Å². The Morgan fingerprint density at radius 3 is 1.96 bits per heavy atom. The fourth-order valence-corrected chi connectivity index (χ4v) is 1.80. The van der Waals surface area contributed by atoms with Crippen LogP contribution in [0.3, 0.4) is 0 Å². The standard InChI is InChI=1S/C19H32O4/c1-5-8-11-17(7-3)15-23-19(21)13-10-9-12-18(20)22-14-16(4)6-2/h9-10,12-13,16-17H,5-8,11,14-15H2,1-4H3/b12-9+,13-10+. The van der Waals surface area contributed by atoms with Crippen LogP contribution in [-0.2, 0) is 19.1 Å². The van der Waals surface area contributed by atoms with Gasteiger partial charge in [-0.1, -0.05) is 65.5 Å². The maximum atomic E-state index is 11.6. The van der Waals surface area contributed by atoms with E-state index in [0.29, 0.717) is 25.0 Å². The predicted molar refractivity (Wildman–Crippen MR) is 93.0 cm³/mol. The van der Waals surface area contributed by atoms with Crippen LogP contribution in [0.5, 0.6) is 0 Å². The van der Waals surface area contributed by atoms with E-state index in [1.165, 1.54) is 24.3 Å². The van der Waals surface area contributed by atoms with Crippen LogP contribution < -0.4 is 0 Å². The minimum absolute atomic E-state index is 0.358. The molecule has 0 radical (unpaired) electrons. The highest BCUT2D eigenvalue weighted by Gasteiger charge is 2.08. The van der Waals surface area contributed by atoms with Crippen molar-refractivity contribution in [2.45, 2.75) is 59.8 Å². The van der Waals surface area contributed by atoms with Crippen LogP contribution in [0.25, 0.3) is 0 Å². The maximum Gasteiger partial charge on any atom is 0.330 e. The summed E-state index contributed by atoms with van der Waals surface area (Å²) in [6, 6.07) is 0. The molecule has 2 unspecified atom stereocenters. The molecule has 0 saturated heterocycles. The third-order valence-electron chi connectivity index (χ3n) is 3.79. The first-order chi connectivity index (χ1) is 11.0. The number of hydrogen-bond donors (Lipinski definition) is 0. The molecule has 0 bridgehead atoms. The highest BCUT2D eigenvalue weighted by Crippen LogP contribution is 2.12. The van der Waals surface area contributed by atoms with E-state index >= 15 is 0 Å². The van der Waals surface area contributed by atoms with Crippen molar-refractivity contribution < 1.29 is 19.1 Å². The number of hydrogen-bond acceptors (Lipinski definition) is 4.